The van der Waals surface area contributed by atoms with Crippen LogP contribution in [0, 0.1) is 0 Å². The van der Waals surface area contributed by atoms with Gasteiger partial charge in [0, 0.05) is 17.6 Å². The second-order valence-electron chi connectivity index (χ2n) is 4.55. The summed E-state index contributed by atoms with van der Waals surface area (Å²) in [5.74, 6) is 0.809. The maximum Gasteiger partial charge on any atom is 0.145 e. The molecule has 0 aliphatic carbocycles. The summed E-state index contributed by atoms with van der Waals surface area (Å²) < 4.78 is 5.87. The molecule has 1 aliphatic rings. The molecule has 18 heavy (non-hydrogen) atoms. The lowest BCUT2D eigenvalue weighted by atomic mass is 10.2. The Hall–Kier alpha value is -1.32. The number of ether oxygens (including phenoxy) is 1. The first kappa shape index (κ1) is 11.8. The lowest BCUT2D eigenvalue weighted by molar-refractivity contribution is 0.280. The first-order valence-electron chi connectivity index (χ1n) is 6.24. The Balaban J connectivity index is 1.85. The summed E-state index contributed by atoms with van der Waals surface area (Å²) in [5.41, 5.74) is 0.836. The van der Waals surface area contributed by atoms with E-state index in [4.69, 9.17) is 16.3 Å². The highest BCUT2D eigenvalue weighted by Gasteiger charge is 2.15. The van der Waals surface area contributed by atoms with Gasteiger partial charge in [-0.1, -0.05) is 11.6 Å². The summed E-state index contributed by atoms with van der Waals surface area (Å²) in [6, 6.07) is 8.07. The Bertz CT molecular complexity index is 552. The van der Waals surface area contributed by atoms with Gasteiger partial charge in [0.15, 0.2) is 0 Å². The summed E-state index contributed by atoms with van der Waals surface area (Å²) in [7, 11) is 0. The summed E-state index contributed by atoms with van der Waals surface area (Å²) in [5, 5.41) is 5.07. The molecule has 1 N–H and O–H groups in total. The number of rotatable bonds is 3. The smallest absolute Gasteiger partial charge is 0.145 e. The predicted molar refractivity (Wildman–Crippen MR) is 73.3 cm³/mol. The Morgan fingerprint density at radius 3 is 3.17 bits per heavy atom. The van der Waals surface area contributed by atoms with Gasteiger partial charge in [-0.2, -0.15) is 0 Å². The molecule has 2 heterocycles. The maximum atomic E-state index is 6.15. The molecule has 0 bridgehead atoms. The molecule has 1 saturated heterocycles. The van der Waals surface area contributed by atoms with Gasteiger partial charge in [0.2, 0.25) is 0 Å². The monoisotopic (exact) mass is 262 g/mol. The van der Waals surface area contributed by atoms with Gasteiger partial charge in [-0.3, -0.25) is 4.98 Å². The normalized spacial score (nSPS) is 19.3. The SMILES string of the molecule is Clc1ccc(OC[C@H]2CCCN2)c2ncccc12. The molecule has 94 valence electrons. The highest BCUT2D eigenvalue weighted by Crippen LogP contribution is 2.29. The predicted octanol–water partition coefficient (Wildman–Crippen LogP) is 3.02. The third-order valence-electron chi connectivity index (χ3n) is 3.28. The van der Waals surface area contributed by atoms with Crippen molar-refractivity contribution in [1.29, 1.82) is 0 Å². The summed E-state index contributed by atoms with van der Waals surface area (Å²) in [6.45, 7) is 1.78. The first-order chi connectivity index (χ1) is 8.84. The van der Waals surface area contributed by atoms with Gasteiger partial charge in [0.1, 0.15) is 17.9 Å². The molecule has 4 heteroatoms. The van der Waals surface area contributed by atoms with Gasteiger partial charge in [0.05, 0.1) is 5.02 Å². The van der Waals surface area contributed by atoms with Gasteiger partial charge >= 0.3 is 0 Å². The van der Waals surface area contributed by atoms with Crippen molar-refractivity contribution < 1.29 is 4.74 Å². The number of aromatic nitrogens is 1. The average molecular weight is 263 g/mol. The molecule has 1 atom stereocenters. The number of halogens is 1. The van der Waals surface area contributed by atoms with Gasteiger partial charge in [-0.25, -0.2) is 0 Å². The molecule has 1 fully saturated rings. The Kier molecular flexibility index (Phi) is 3.35. The largest absolute Gasteiger partial charge is 0.490 e. The zero-order chi connectivity index (χ0) is 12.4. The standard InChI is InChI=1S/C14H15ClN2O/c15-12-5-6-13(14-11(12)4-2-8-17-14)18-9-10-3-1-7-16-10/h2,4-6,8,10,16H,1,3,7,9H2/t10-/m1/s1. The highest BCUT2D eigenvalue weighted by molar-refractivity contribution is 6.35. The van der Waals surface area contributed by atoms with Crippen molar-refractivity contribution in [2.24, 2.45) is 0 Å². The van der Waals surface area contributed by atoms with Crippen LogP contribution in [0.1, 0.15) is 12.8 Å². The van der Waals surface area contributed by atoms with Crippen molar-refractivity contribution >= 4 is 22.5 Å². The summed E-state index contributed by atoms with van der Waals surface area (Å²) >= 11 is 6.15. The van der Waals surface area contributed by atoms with Crippen LogP contribution in [0.3, 0.4) is 0 Å². The van der Waals surface area contributed by atoms with E-state index in [0.717, 1.165) is 23.2 Å². The van der Waals surface area contributed by atoms with Crippen molar-refractivity contribution in [3.8, 4) is 5.75 Å². The lowest BCUT2D eigenvalue weighted by Crippen LogP contribution is -2.28. The number of nitrogens with one attached hydrogen (secondary N) is 1. The van der Waals surface area contributed by atoms with Gasteiger partial charge in [-0.15, -0.1) is 0 Å². The number of pyridine rings is 1. The number of nitrogens with zero attached hydrogens (tertiary/aromatic N) is 1. The van der Waals surface area contributed by atoms with Crippen LogP contribution in [-0.2, 0) is 0 Å². The Labute approximate surface area is 111 Å². The van der Waals surface area contributed by atoms with Crippen molar-refractivity contribution in [3.05, 3.63) is 35.5 Å². The third-order valence-corrected chi connectivity index (χ3v) is 3.61. The number of hydrogen-bond donors (Lipinski definition) is 1. The van der Waals surface area contributed by atoms with Crippen molar-refractivity contribution in [1.82, 2.24) is 10.3 Å². The molecule has 1 aromatic heterocycles. The molecule has 0 saturated carbocycles. The molecule has 2 aromatic rings. The fraction of sp³-hybridized carbons (Fsp3) is 0.357. The number of hydrogen-bond acceptors (Lipinski definition) is 3. The summed E-state index contributed by atoms with van der Waals surface area (Å²) in [6.07, 6.45) is 4.17. The third kappa shape index (κ3) is 2.28. The van der Waals surface area contributed by atoms with Crippen LogP contribution in [0.4, 0.5) is 0 Å². The van der Waals surface area contributed by atoms with E-state index in [1.54, 1.807) is 6.20 Å². The summed E-state index contributed by atoms with van der Waals surface area (Å²) in [4.78, 5) is 4.36. The first-order valence-corrected chi connectivity index (χ1v) is 6.62. The second-order valence-corrected chi connectivity index (χ2v) is 4.96. The van der Waals surface area contributed by atoms with Crippen LogP contribution >= 0.6 is 11.6 Å². The molecule has 0 spiro atoms. The van der Waals surface area contributed by atoms with Crippen LogP contribution in [0.2, 0.25) is 5.02 Å². The van der Waals surface area contributed by atoms with E-state index in [2.05, 4.69) is 10.3 Å². The van der Waals surface area contributed by atoms with Gasteiger partial charge in [-0.05, 0) is 43.7 Å². The van der Waals surface area contributed by atoms with E-state index in [0.29, 0.717) is 17.7 Å². The van der Waals surface area contributed by atoms with E-state index in [1.165, 1.54) is 12.8 Å². The van der Waals surface area contributed by atoms with E-state index in [-0.39, 0.29) is 0 Å². The Morgan fingerprint density at radius 2 is 2.33 bits per heavy atom. The lowest BCUT2D eigenvalue weighted by Gasteiger charge is -2.13. The van der Waals surface area contributed by atoms with E-state index in [9.17, 15) is 0 Å². The van der Waals surface area contributed by atoms with Crippen LogP contribution in [-0.4, -0.2) is 24.2 Å². The van der Waals surface area contributed by atoms with Crippen LogP contribution < -0.4 is 10.1 Å². The van der Waals surface area contributed by atoms with Gasteiger partial charge in [0.25, 0.3) is 0 Å². The molecule has 3 rings (SSSR count). The fourth-order valence-corrected chi connectivity index (χ4v) is 2.53. The van der Waals surface area contributed by atoms with Crippen LogP contribution in [0.15, 0.2) is 30.5 Å². The highest BCUT2D eigenvalue weighted by atomic mass is 35.5. The van der Waals surface area contributed by atoms with E-state index in [1.807, 2.05) is 24.3 Å². The quantitative estimate of drug-likeness (QED) is 0.923. The minimum absolute atomic E-state index is 0.458. The molecular weight excluding hydrogens is 248 g/mol. The van der Waals surface area contributed by atoms with Gasteiger partial charge < -0.3 is 10.1 Å². The van der Waals surface area contributed by atoms with E-state index < -0.39 is 0 Å². The molecule has 0 amide bonds. The van der Waals surface area contributed by atoms with Crippen LogP contribution in [0.25, 0.3) is 10.9 Å². The topological polar surface area (TPSA) is 34.1 Å². The minimum Gasteiger partial charge on any atom is -0.490 e. The van der Waals surface area contributed by atoms with E-state index >= 15 is 0 Å². The van der Waals surface area contributed by atoms with Crippen molar-refractivity contribution in [2.45, 2.75) is 18.9 Å². The Morgan fingerprint density at radius 1 is 1.39 bits per heavy atom. The second kappa shape index (κ2) is 5.12. The average Bonchev–Trinajstić information content (AvgIpc) is 2.92. The zero-order valence-corrected chi connectivity index (χ0v) is 10.8. The molecule has 1 aromatic carbocycles. The number of fused-ring (bicyclic) bond motifs is 1. The molecule has 3 nitrogen and oxygen atoms in total. The minimum atomic E-state index is 0.458. The molecule has 0 radical (unpaired) electrons. The van der Waals surface area contributed by atoms with Crippen molar-refractivity contribution in [3.63, 3.8) is 0 Å². The van der Waals surface area contributed by atoms with Crippen molar-refractivity contribution in [2.75, 3.05) is 13.2 Å². The molecule has 1 aliphatic heterocycles. The zero-order valence-electron chi connectivity index (χ0n) is 10.0. The number of benzene rings is 1. The molecule has 0 unspecified atom stereocenters. The molecular formula is C14H15ClN2O. The fourth-order valence-electron chi connectivity index (χ4n) is 2.32. The van der Waals surface area contributed by atoms with Crippen LogP contribution in [0.5, 0.6) is 5.75 Å². The maximum absolute atomic E-state index is 6.15.